The summed E-state index contributed by atoms with van der Waals surface area (Å²) in [5, 5.41) is 0. The highest BCUT2D eigenvalue weighted by Gasteiger charge is 2.30. The van der Waals surface area contributed by atoms with Crippen LogP contribution in [0.4, 0.5) is 0 Å². The van der Waals surface area contributed by atoms with Crippen molar-refractivity contribution in [1.29, 1.82) is 0 Å². The Bertz CT molecular complexity index is 747. The summed E-state index contributed by atoms with van der Waals surface area (Å²) < 4.78 is 10.9. The van der Waals surface area contributed by atoms with Crippen LogP contribution >= 0.6 is 0 Å². The van der Waals surface area contributed by atoms with Crippen molar-refractivity contribution in [3.63, 3.8) is 0 Å². The van der Waals surface area contributed by atoms with Gasteiger partial charge in [0.25, 0.3) is 0 Å². The van der Waals surface area contributed by atoms with Crippen LogP contribution in [-0.2, 0) is 19.5 Å². The molecule has 0 spiro atoms. The number of methoxy groups -OCH3 is 2. The highest BCUT2D eigenvalue weighted by atomic mass is 16.5. The molecule has 2 aromatic carbocycles. The maximum absolute atomic E-state index is 5.49. The molecular formula is C22H28N2O2. The third kappa shape index (κ3) is 3.57. The molecule has 0 saturated carbocycles. The maximum atomic E-state index is 5.49. The lowest BCUT2D eigenvalue weighted by Crippen LogP contribution is -2.40. The second-order valence-corrected chi connectivity index (χ2v) is 7.36. The number of hydrogen-bond acceptors (Lipinski definition) is 4. The first-order valence-electron chi connectivity index (χ1n) is 9.51. The van der Waals surface area contributed by atoms with Crippen molar-refractivity contribution < 1.29 is 9.47 Å². The van der Waals surface area contributed by atoms with Crippen LogP contribution in [0.25, 0.3) is 0 Å². The van der Waals surface area contributed by atoms with E-state index in [0.29, 0.717) is 6.04 Å². The van der Waals surface area contributed by atoms with E-state index in [2.05, 4.69) is 52.3 Å². The quantitative estimate of drug-likeness (QED) is 0.824. The molecule has 138 valence electrons. The third-order valence-electron chi connectivity index (χ3n) is 5.76. The smallest absolute Gasteiger partial charge is 0.161 e. The van der Waals surface area contributed by atoms with Crippen LogP contribution in [0.15, 0.2) is 42.5 Å². The largest absolute Gasteiger partial charge is 0.493 e. The van der Waals surface area contributed by atoms with Crippen molar-refractivity contribution in [2.45, 2.75) is 32.0 Å². The normalized spacial score (nSPS) is 20.8. The van der Waals surface area contributed by atoms with Crippen LogP contribution in [0.5, 0.6) is 11.5 Å². The lowest BCUT2D eigenvalue weighted by Gasteiger charge is -2.34. The third-order valence-corrected chi connectivity index (χ3v) is 5.76. The molecule has 2 aliphatic heterocycles. The highest BCUT2D eigenvalue weighted by Crippen LogP contribution is 2.34. The van der Waals surface area contributed by atoms with Crippen molar-refractivity contribution in [3.05, 3.63) is 59.2 Å². The molecule has 0 aliphatic carbocycles. The molecule has 4 nitrogen and oxygen atoms in total. The van der Waals surface area contributed by atoms with Crippen LogP contribution in [0.2, 0.25) is 0 Å². The van der Waals surface area contributed by atoms with E-state index in [1.165, 1.54) is 29.7 Å². The van der Waals surface area contributed by atoms with Crippen LogP contribution in [0, 0.1) is 0 Å². The zero-order valence-corrected chi connectivity index (χ0v) is 15.8. The van der Waals surface area contributed by atoms with E-state index in [9.17, 15) is 0 Å². The first kappa shape index (κ1) is 17.4. The van der Waals surface area contributed by atoms with Gasteiger partial charge >= 0.3 is 0 Å². The number of likely N-dealkylation sites (tertiary alicyclic amines) is 1. The molecule has 0 amide bonds. The van der Waals surface area contributed by atoms with E-state index in [4.69, 9.17) is 9.47 Å². The zero-order valence-electron chi connectivity index (χ0n) is 15.8. The molecule has 0 bridgehead atoms. The maximum Gasteiger partial charge on any atom is 0.161 e. The molecule has 2 aliphatic rings. The lowest BCUT2D eigenvalue weighted by molar-refractivity contribution is 0.174. The zero-order chi connectivity index (χ0) is 17.9. The molecule has 2 aromatic rings. The fourth-order valence-corrected chi connectivity index (χ4v) is 4.31. The first-order valence-corrected chi connectivity index (χ1v) is 9.51. The van der Waals surface area contributed by atoms with Crippen molar-refractivity contribution in [2.24, 2.45) is 0 Å². The molecule has 1 unspecified atom stereocenters. The summed E-state index contributed by atoms with van der Waals surface area (Å²) in [5.41, 5.74) is 4.20. The fourth-order valence-electron chi connectivity index (χ4n) is 4.31. The van der Waals surface area contributed by atoms with Crippen molar-refractivity contribution in [1.82, 2.24) is 9.80 Å². The minimum atomic E-state index is 0.653. The van der Waals surface area contributed by atoms with Crippen molar-refractivity contribution >= 4 is 0 Å². The molecule has 1 fully saturated rings. The second kappa shape index (κ2) is 7.68. The minimum Gasteiger partial charge on any atom is -0.493 e. The summed E-state index contributed by atoms with van der Waals surface area (Å²) in [7, 11) is 3.42. The van der Waals surface area contributed by atoms with Gasteiger partial charge in [-0.15, -0.1) is 0 Å². The summed E-state index contributed by atoms with van der Waals surface area (Å²) in [6, 6.07) is 15.8. The monoisotopic (exact) mass is 352 g/mol. The Labute approximate surface area is 156 Å². The fraction of sp³-hybridized carbons (Fsp3) is 0.455. The summed E-state index contributed by atoms with van der Waals surface area (Å²) in [6.45, 7) is 5.56. The molecular weight excluding hydrogens is 324 g/mol. The van der Waals surface area contributed by atoms with Gasteiger partial charge in [-0.1, -0.05) is 30.3 Å². The number of hydrogen-bond donors (Lipinski definition) is 0. The van der Waals surface area contributed by atoms with E-state index in [1.807, 2.05) is 0 Å². The van der Waals surface area contributed by atoms with Crippen LogP contribution in [0.1, 0.15) is 23.1 Å². The molecule has 0 aromatic heterocycles. The van der Waals surface area contributed by atoms with Gasteiger partial charge in [0.15, 0.2) is 11.5 Å². The first-order chi connectivity index (χ1) is 12.8. The molecule has 1 saturated heterocycles. The van der Waals surface area contributed by atoms with E-state index < -0.39 is 0 Å². The Morgan fingerprint density at radius 2 is 1.69 bits per heavy atom. The van der Waals surface area contributed by atoms with E-state index >= 15 is 0 Å². The summed E-state index contributed by atoms with van der Waals surface area (Å²) >= 11 is 0. The Balaban J connectivity index is 1.41. The van der Waals surface area contributed by atoms with E-state index in [1.54, 1.807) is 14.2 Å². The van der Waals surface area contributed by atoms with Gasteiger partial charge in [-0.05, 0) is 41.7 Å². The highest BCUT2D eigenvalue weighted by molar-refractivity contribution is 5.48. The van der Waals surface area contributed by atoms with Crippen LogP contribution < -0.4 is 9.47 Å². The van der Waals surface area contributed by atoms with Crippen molar-refractivity contribution in [3.8, 4) is 11.5 Å². The van der Waals surface area contributed by atoms with Gasteiger partial charge in [-0.3, -0.25) is 9.80 Å². The Hall–Kier alpha value is -2.04. The Morgan fingerprint density at radius 1 is 0.962 bits per heavy atom. The molecule has 4 heteroatoms. The van der Waals surface area contributed by atoms with E-state index in [-0.39, 0.29) is 0 Å². The SMILES string of the molecule is COc1cc2c(cc1OC)CN(C1CCN(Cc3ccccc3)C1)CC2. The van der Waals surface area contributed by atoms with Gasteiger partial charge in [0, 0.05) is 38.8 Å². The average Bonchev–Trinajstić information content (AvgIpc) is 3.15. The van der Waals surface area contributed by atoms with Gasteiger partial charge in [0.05, 0.1) is 14.2 Å². The number of fused-ring (bicyclic) bond motifs is 1. The van der Waals surface area contributed by atoms with Crippen LogP contribution in [0.3, 0.4) is 0 Å². The summed E-state index contributed by atoms with van der Waals surface area (Å²) in [4.78, 5) is 5.24. The summed E-state index contributed by atoms with van der Waals surface area (Å²) in [5.74, 6) is 1.68. The van der Waals surface area contributed by atoms with E-state index in [0.717, 1.165) is 44.1 Å². The molecule has 1 atom stereocenters. The number of ether oxygens (including phenoxy) is 2. The molecule has 4 rings (SSSR count). The summed E-state index contributed by atoms with van der Waals surface area (Å²) in [6.07, 6.45) is 2.35. The number of benzene rings is 2. The standard InChI is InChI=1S/C22H28N2O2/c1-25-21-12-18-8-11-24(15-19(18)13-22(21)26-2)20-9-10-23(16-20)14-17-6-4-3-5-7-17/h3-7,12-13,20H,8-11,14-16H2,1-2H3. The van der Waals surface area contributed by atoms with Crippen LogP contribution in [-0.4, -0.2) is 49.7 Å². The Kier molecular flexibility index (Phi) is 5.14. The predicted octanol–water partition coefficient (Wildman–Crippen LogP) is 3.34. The average molecular weight is 352 g/mol. The second-order valence-electron chi connectivity index (χ2n) is 7.36. The minimum absolute atomic E-state index is 0.653. The van der Waals surface area contributed by atoms with Gasteiger partial charge < -0.3 is 9.47 Å². The van der Waals surface area contributed by atoms with Crippen molar-refractivity contribution in [2.75, 3.05) is 33.9 Å². The predicted molar refractivity (Wildman–Crippen MR) is 104 cm³/mol. The van der Waals surface area contributed by atoms with Gasteiger partial charge in [-0.25, -0.2) is 0 Å². The molecule has 0 N–H and O–H groups in total. The molecule has 0 radical (unpaired) electrons. The number of nitrogens with zero attached hydrogens (tertiary/aromatic N) is 2. The lowest BCUT2D eigenvalue weighted by atomic mass is 9.97. The topological polar surface area (TPSA) is 24.9 Å². The van der Waals surface area contributed by atoms with Gasteiger partial charge in [0.2, 0.25) is 0 Å². The van der Waals surface area contributed by atoms with Gasteiger partial charge in [0.1, 0.15) is 0 Å². The number of rotatable bonds is 5. The molecule has 2 heterocycles. The van der Waals surface area contributed by atoms with Gasteiger partial charge in [-0.2, -0.15) is 0 Å². The molecule has 26 heavy (non-hydrogen) atoms. The Morgan fingerprint density at radius 3 is 2.42 bits per heavy atom.